The molecule has 0 aliphatic carbocycles. The summed E-state index contributed by atoms with van der Waals surface area (Å²) < 4.78 is 0. The summed E-state index contributed by atoms with van der Waals surface area (Å²) >= 11 is 0. The molecule has 0 saturated carbocycles. The quantitative estimate of drug-likeness (QED) is 0.790. The van der Waals surface area contributed by atoms with Crippen molar-refractivity contribution < 1.29 is 0 Å². The standard InChI is InChI=1S/C13H18N2/c1-2-15-8-6-11-9-10(3-4-13(11)15)12-5-7-14-12/h3-4,9,12,14H,2,5-8H2,1H3. The molecule has 2 aliphatic heterocycles. The lowest BCUT2D eigenvalue weighted by Gasteiger charge is -2.28. The molecule has 1 fully saturated rings. The van der Waals surface area contributed by atoms with Gasteiger partial charge in [0.25, 0.3) is 0 Å². The average molecular weight is 202 g/mol. The monoisotopic (exact) mass is 202 g/mol. The molecule has 0 bridgehead atoms. The van der Waals surface area contributed by atoms with Gasteiger partial charge in [-0.05, 0) is 43.5 Å². The van der Waals surface area contributed by atoms with Crippen molar-refractivity contribution in [1.82, 2.24) is 5.32 Å². The molecule has 0 spiro atoms. The van der Waals surface area contributed by atoms with Crippen molar-refractivity contribution in [2.24, 2.45) is 0 Å². The predicted octanol–water partition coefficient (Wildman–Crippen LogP) is 2.10. The fraction of sp³-hybridized carbons (Fsp3) is 0.538. The van der Waals surface area contributed by atoms with E-state index in [0.29, 0.717) is 6.04 Å². The topological polar surface area (TPSA) is 15.3 Å². The molecule has 0 aromatic heterocycles. The Hall–Kier alpha value is -1.02. The minimum absolute atomic E-state index is 0.631. The van der Waals surface area contributed by atoms with E-state index in [1.165, 1.54) is 37.2 Å². The second-order valence-electron chi connectivity index (χ2n) is 4.51. The van der Waals surface area contributed by atoms with E-state index >= 15 is 0 Å². The molecule has 2 heterocycles. The minimum Gasteiger partial charge on any atom is -0.371 e. The molecule has 1 N–H and O–H groups in total. The number of anilines is 1. The van der Waals surface area contributed by atoms with Crippen molar-refractivity contribution in [1.29, 1.82) is 0 Å². The van der Waals surface area contributed by atoms with Crippen LogP contribution < -0.4 is 10.2 Å². The van der Waals surface area contributed by atoms with Crippen LogP contribution in [0.15, 0.2) is 18.2 Å². The minimum atomic E-state index is 0.631. The average Bonchev–Trinajstić information content (AvgIpc) is 2.57. The zero-order valence-corrected chi connectivity index (χ0v) is 9.29. The van der Waals surface area contributed by atoms with Crippen LogP contribution in [0.25, 0.3) is 0 Å². The van der Waals surface area contributed by atoms with Gasteiger partial charge in [0.15, 0.2) is 0 Å². The van der Waals surface area contributed by atoms with E-state index < -0.39 is 0 Å². The summed E-state index contributed by atoms with van der Waals surface area (Å²) in [6.07, 6.45) is 2.53. The van der Waals surface area contributed by atoms with Crippen molar-refractivity contribution >= 4 is 5.69 Å². The van der Waals surface area contributed by atoms with Crippen molar-refractivity contribution in [3.8, 4) is 0 Å². The van der Waals surface area contributed by atoms with Crippen LogP contribution >= 0.6 is 0 Å². The first-order valence-electron chi connectivity index (χ1n) is 5.99. The van der Waals surface area contributed by atoms with Crippen LogP contribution in [0.4, 0.5) is 5.69 Å². The lowest BCUT2D eigenvalue weighted by Crippen LogP contribution is -2.34. The number of hydrogen-bond donors (Lipinski definition) is 1. The first kappa shape index (κ1) is 9.22. The Morgan fingerprint density at radius 3 is 3.00 bits per heavy atom. The summed E-state index contributed by atoms with van der Waals surface area (Å²) in [4.78, 5) is 2.47. The van der Waals surface area contributed by atoms with E-state index in [2.05, 4.69) is 35.3 Å². The molecule has 3 rings (SSSR count). The molecule has 1 unspecified atom stereocenters. The molecule has 2 aliphatic rings. The van der Waals surface area contributed by atoms with Crippen LogP contribution in [-0.2, 0) is 6.42 Å². The molecule has 2 heteroatoms. The molecule has 1 aromatic rings. The molecule has 1 atom stereocenters. The van der Waals surface area contributed by atoms with Gasteiger partial charge in [-0.25, -0.2) is 0 Å². The van der Waals surface area contributed by atoms with E-state index in [-0.39, 0.29) is 0 Å². The number of rotatable bonds is 2. The van der Waals surface area contributed by atoms with Gasteiger partial charge in [0.05, 0.1) is 0 Å². The molecule has 1 aromatic carbocycles. The van der Waals surface area contributed by atoms with Gasteiger partial charge in [-0.3, -0.25) is 0 Å². The van der Waals surface area contributed by atoms with Crippen molar-refractivity contribution in [2.75, 3.05) is 24.5 Å². The Kier molecular flexibility index (Phi) is 2.17. The van der Waals surface area contributed by atoms with Crippen LogP contribution in [-0.4, -0.2) is 19.6 Å². The van der Waals surface area contributed by atoms with Gasteiger partial charge in [-0.2, -0.15) is 0 Å². The van der Waals surface area contributed by atoms with Gasteiger partial charge in [-0.15, -0.1) is 0 Å². The molecule has 1 saturated heterocycles. The SMILES string of the molecule is CCN1CCc2cc(C3CCN3)ccc21. The number of benzene rings is 1. The molecule has 0 amide bonds. The number of nitrogens with one attached hydrogen (secondary N) is 1. The fourth-order valence-electron chi connectivity index (χ4n) is 2.61. The van der Waals surface area contributed by atoms with Crippen LogP contribution in [0.5, 0.6) is 0 Å². The normalized spacial score (nSPS) is 23.8. The Morgan fingerprint density at radius 1 is 1.47 bits per heavy atom. The highest BCUT2D eigenvalue weighted by molar-refractivity contribution is 5.59. The first-order valence-corrected chi connectivity index (χ1v) is 5.99. The maximum Gasteiger partial charge on any atom is 0.0399 e. The third kappa shape index (κ3) is 1.44. The molecular formula is C13H18N2. The van der Waals surface area contributed by atoms with E-state index in [1.807, 2.05) is 0 Å². The van der Waals surface area contributed by atoms with Gasteiger partial charge in [0.2, 0.25) is 0 Å². The first-order chi connectivity index (χ1) is 7.38. The second-order valence-corrected chi connectivity index (χ2v) is 4.51. The lowest BCUT2D eigenvalue weighted by molar-refractivity contribution is 0.383. The molecular weight excluding hydrogens is 184 g/mol. The Morgan fingerprint density at radius 2 is 2.33 bits per heavy atom. The maximum absolute atomic E-state index is 3.46. The summed E-state index contributed by atoms with van der Waals surface area (Å²) in [5, 5.41) is 3.46. The maximum atomic E-state index is 3.46. The van der Waals surface area contributed by atoms with E-state index in [1.54, 1.807) is 5.56 Å². The molecule has 2 nitrogen and oxygen atoms in total. The van der Waals surface area contributed by atoms with Crippen molar-refractivity contribution in [3.05, 3.63) is 29.3 Å². The van der Waals surface area contributed by atoms with Gasteiger partial charge >= 0.3 is 0 Å². The largest absolute Gasteiger partial charge is 0.371 e. The number of hydrogen-bond acceptors (Lipinski definition) is 2. The second kappa shape index (κ2) is 3.53. The summed E-state index contributed by atoms with van der Waals surface area (Å²) in [5.74, 6) is 0. The Balaban J connectivity index is 1.90. The van der Waals surface area contributed by atoms with E-state index in [0.717, 1.165) is 6.54 Å². The molecule has 15 heavy (non-hydrogen) atoms. The number of nitrogens with zero attached hydrogens (tertiary/aromatic N) is 1. The zero-order valence-electron chi connectivity index (χ0n) is 9.29. The third-order valence-electron chi connectivity index (χ3n) is 3.70. The highest BCUT2D eigenvalue weighted by atomic mass is 15.1. The summed E-state index contributed by atoms with van der Waals surface area (Å²) in [6, 6.07) is 7.64. The van der Waals surface area contributed by atoms with Crippen LogP contribution in [0, 0.1) is 0 Å². The van der Waals surface area contributed by atoms with Gasteiger partial charge in [-0.1, -0.05) is 12.1 Å². The summed E-state index contributed by atoms with van der Waals surface area (Å²) in [6.45, 7) is 5.75. The fourth-order valence-corrected chi connectivity index (χ4v) is 2.61. The van der Waals surface area contributed by atoms with Crippen LogP contribution in [0.3, 0.4) is 0 Å². The lowest BCUT2D eigenvalue weighted by atomic mass is 9.96. The highest BCUT2D eigenvalue weighted by Crippen LogP contribution is 2.32. The molecule has 80 valence electrons. The Labute approximate surface area is 91.3 Å². The number of likely N-dealkylation sites (N-methyl/N-ethyl adjacent to an activating group) is 1. The predicted molar refractivity (Wildman–Crippen MR) is 63.4 cm³/mol. The Bertz CT molecular complexity index is 369. The third-order valence-corrected chi connectivity index (χ3v) is 3.70. The smallest absolute Gasteiger partial charge is 0.0399 e. The van der Waals surface area contributed by atoms with E-state index in [4.69, 9.17) is 0 Å². The molecule has 0 radical (unpaired) electrons. The van der Waals surface area contributed by atoms with Gasteiger partial charge in [0, 0.05) is 24.8 Å². The van der Waals surface area contributed by atoms with Crippen LogP contribution in [0.2, 0.25) is 0 Å². The van der Waals surface area contributed by atoms with Crippen molar-refractivity contribution in [2.45, 2.75) is 25.8 Å². The van der Waals surface area contributed by atoms with Crippen LogP contribution in [0.1, 0.15) is 30.5 Å². The summed E-state index contributed by atoms with van der Waals surface area (Å²) in [5.41, 5.74) is 4.49. The van der Waals surface area contributed by atoms with Crippen molar-refractivity contribution in [3.63, 3.8) is 0 Å². The highest BCUT2D eigenvalue weighted by Gasteiger charge is 2.22. The number of fused-ring (bicyclic) bond motifs is 1. The van der Waals surface area contributed by atoms with Gasteiger partial charge < -0.3 is 10.2 Å². The summed E-state index contributed by atoms with van der Waals surface area (Å²) in [7, 11) is 0. The van der Waals surface area contributed by atoms with E-state index in [9.17, 15) is 0 Å². The zero-order chi connectivity index (χ0) is 10.3. The van der Waals surface area contributed by atoms with Gasteiger partial charge in [0.1, 0.15) is 0 Å².